The lowest BCUT2D eigenvalue weighted by Crippen LogP contribution is -2.33. The molecule has 1 heterocycles. The third kappa shape index (κ3) is 5.36. The van der Waals surface area contributed by atoms with Crippen LogP contribution < -0.4 is 10.1 Å². The van der Waals surface area contributed by atoms with Crippen molar-refractivity contribution in [3.63, 3.8) is 0 Å². The quantitative estimate of drug-likeness (QED) is 0.599. The standard InChI is InChI=1S/C21H19ClF3N3O3S/c1-3-28-19(30)17(32-20(28)27-14-6-4-5-7-16(14)31-2)11-18(29)26-15-10-12(21(23,24)25)8-9-13(15)22/h4-10,17H,3,11H2,1-2H3,(H,26,29). The smallest absolute Gasteiger partial charge is 0.416 e. The van der Waals surface area contributed by atoms with Crippen LogP contribution in [0.3, 0.4) is 0 Å². The maximum Gasteiger partial charge on any atom is 0.416 e. The molecule has 11 heteroatoms. The molecule has 6 nitrogen and oxygen atoms in total. The summed E-state index contributed by atoms with van der Waals surface area (Å²) in [5.74, 6) is -0.410. The largest absolute Gasteiger partial charge is 0.494 e. The zero-order valence-electron chi connectivity index (χ0n) is 17.1. The summed E-state index contributed by atoms with van der Waals surface area (Å²) in [5.41, 5.74) is -0.575. The van der Waals surface area contributed by atoms with E-state index < -0.39 is 22.9 Å². The molecule has 32 heavy (non-hydrogen) atoms. The maximum atomic E-state index is 12.9. The Morgan fingerprint density at radius 2 is 2.00 bits per heavy atom. The van der Waals surface area contributed by atoms with Crippen LogP contribution >= 0.6 is 23.4 Å². The van der Waals surface area contributed by atoms with Crippen molar-refractivity contribution in [1.29, 1.82) is 0 Å². The van der Waals surface area contributed by atoms with E-state index in [0.717, 1.165) is 30.0 Å². The number of anilines is 1. The van der Waals surface area contributed by atoms with Gasteiger partial charge >= 0.3 is 6.18 Å². The van der Waals surface area contributed by atoms with E-state index in [1.165, 1.54) is 12.0 Å². The molecular weight excluding hydrogens is 467 g/mol. The molecule has 1 aliphatic rings. The number of amides is 2. The fourth-order valence-corrected chi connectivity index (χ4v) is 4.39. The summed E-state index contributed by atoms with van der Waals surface area (Å²) in [6.45, 7) is 2.12. The number of ether oxygens (including phenoxy) is 1. The molecule has 0 radical (unpaired) electrons. The first-order valence-corrected chi connectivity index (χ1v) is 10.8. The summed E-state index contributed by atoms with van der Waals surface area (Å²) in [7, 11) is 1.51. The molecule has 3 rings (SSSR count). The number of para-hydroxylation sites is 2. The molecule has 1 aliphatic heterocycles. The van der Waals surface area contributed by atoms with Gasteiger partial charge in [-0.05, 0) is 37.3 Å². The number of aliphatic imine (C=N–C) groups is 1. The number of hydrogen-bond donors (Lipinski definition) is 1. The van der Waals surface area contributed by atoms with Crippen LogP contribution in [0.15, 0.2) is 47.5 Å². The van der Waals surface area contributed by atoms with Gasteiger partial charge in [0.05, 0.1) is 23.4 Å². The number of carbonyl (C=O) groups excluding carboxylic acids is 2. The van der Waals surface area contributed by atoms with Crippen LogP contribution in [0.1, 0.15) is 18.9 Å². The third-order valence-electron chi connectivity index (χ3n) is 4.58. The molecule has 1 atom stereocenters. The van der Waals surface area contributed by atoms with Crippen LogP contribution in [0.4, 0.5) is 24.5 Å². The van der Waals surface area contributed by atoms with Crippen molar-refractivity contribution in [2.75, 3.05) is 19.0 Å². The number of carbonyl (C=O) groups is 2. The van der Waals surface area contributed by atoms with Crippen molar-refractivity contribution in [3.8, 4) is 5.75 Å². The first kappa shape index (κ1) is 23.9. The van der Waals surface area contributed by atoms with Crippen molar-refractivity contribution < 1.29 is 27.5 Å². The van der Waals surface area contributed by atoms with Crippen LogP contribution in [0.25, 0.3) is 0 Å². The number of halogens is 4. The van der Waals surface area contributed by atoms with Gasteiger partial charge in [-0.2, -0.15) is 13.2 Å². The Labute approximate surface area is 191 Å². The average molecular weight is 486 g/mol. The van der Waals surface area contributed by atoms with Crippen LogP contribution in [0, 0.1) is 0 Å². The highest BCUT2D eigenvalue weighted by Crippen LogP contribution is 2.36. The van der Waals surface area contributed by atoms with Crippen LogP contribution in [-0.4, -0.2) is 40.8 Å². The first-order valence-electron chi connectivity index (χ1n) is 9.50. The lowest BCUT2D eigenvalue weighted by atomic mass is 10.2. The SMILES string of the molecule is CCN1C(=O)C(CC(=O)Nc2cc(C(F)(F)F)ccc2Cl)SC1=Nc1ccccc1OC. The van der Waals surface area contributed by atoms with Crippen molar-refractivity contribution in [2.45, 2.75) is 24.8 Å². The van der Waals surface area contributed by atoms with Gasteiger partial charge in [-0.15, -0.1) is 0 Å². The zero-order valence-corrected chi connectivity index (χ0v) is 18.6. The van der Waals surface area contributed by atoms with Crippen LogP contribution in [0.5, 0.6) is 5.75 Å². The van der Waals surface area contributed by atoms with Gasteiger partial charge in [0.25, 0.3) is 0 Å². The van der Waals surface area contributed by atoms with Gasteiger partial charge in [0, 0.05) is 13.0 Å². The summed E-state index contributed by atoms with van der Waals surface area (Å²) in [6, 6.07) is 9.70. The molecule has 1 N–H and O–H groups in total. The third-order valence-corrected chi connectivity index (χ3v) is 6.08. The fourth-order valence-electron chi connectivity index (χ4n) is 3.01. The Balaban J connectivity index is 1.76. The number of nitrogens with one attached hydrogen (secondary N) is 1. The molecule has 2 amide bonds. The van der Waals surface area contributed by atoms with Gasteiger partial charge in [-0.25, -0.2) is 4.99 Å². The summed E-state index contributed by atoms with van der Waals surface area (Å²) in [6.07, 6.45) is -4.83. The second-order valence-electron chi connectivity index (χ2n) is 6.70. The van der Waals surface area contributed by atoms with Crippen LogP contribution in [-0.2, 0) is 15.8 Å². The highest BCUT2D eigenvalue weighted by Gasteiger charge is 2.38. The van der Waals surface area contributed by atoms with Gasteiger partial charge in [0.1, 0.15) is 16.7 Å². The number of alkyl halides is 3. The van der Waals surface area contributed by atoms with Gasteiger partial charge < -0.3 is 10.1 Å². The molecule has 0 aromatic heterocycles. The van der Waals surface area contributed by atoms with Crippen LogP contribution in [0.2, 0.25) is 5.02 Å². The Kier molecular flexibility index (Phi) is 7.35. The molecule has 1 unspecified atom stereocenters. The van der Waals surface area contributed by atoms with Crippen molar-refractivity contribution in [3.05, 3.63) is 53.1 Å². The Bertz CT molecular complexity index is 1060. The number of methoxy groups -OCH3 is 1. The molecule has 2 aromatic carbocycles. The van der Waals surface area contributed by atoms with Crippen molar-refractivity contribution in [1.82, 2.24) is 4.90 Å². The molecule has 1 fully saturated rings. The molecule has 0 spiro atoms. The molecule has 0 bridgehead atoms. The molecule has 1 saturated heterocycles. The fraction of sp³-hybridized carbons (Fsp3) is 0.286. The second-order valence-corrected chi connectivity index (χ2v) is 8.28. The van der Waals surface area contributed by atoms with Gasteiger partial charge in [0.2, 0.25) is 11.8 Å². The Hall–Kier alpha value is -2.72. The average Bonchev–Trinajstić information content (AvgIpc) is 3.03. The minimum atomic E-state index is -4.58. The predicted octanol–water partition coefficient (Wildman–Crippen LogP) is 5.35. The van der Waals surface area contributed by atoms with E-state index in [0.29, 0.717) is 23.1 Å². The monoisotopic (exact) mass is 485 g/mol. The number of thioether (sulfide) groups is 1. The second kappa shape index (κ2) is 9.83. The highest BCUT2D eigenvalue weighted by molar-refractivity contribution is 8.15. The number of amidine groups is 1. The van der Waals surface area contributed by atoms with Gasteiger partial charge in [0.15, 0.2) is 5.17 Å². The van der Waals surface area contributed by atoms with Gasteiger partial charge in [-0.1, -0.05) is 35.5 Å². The van der Waals surface area contributed by atoms with E-state index >= 15 is 0 Å². The van der Waals surface area contributed by atoms with E-state index in [1.807, 2.05) is 0 Å². The Morgan fingerprint density at radius 1 is 1.28 bits per heavy atom. The summed E-state index contributed by atoms with van der Waals surface area (Å²) >= 11 is 7.04. The number of rotatable bonds is 6. The lowest BCUT2D eigenvalue weighted by Gasteiger charge is -2.14. The van der Waals surface area contributed by atoms with E-state index in [4.69, 9.17) is 16.3 Å². The summed E-state index contributed by atoms with van der Waals surface area (Å²) in [4.78, 5) is 31.2. The van der Waals surface area contributed by atoms with E-state index in [-0.39, 0.29) is 23.0 Å². The molecular formula is C21H19ClF3N3O3S. The first-order chi connectivity index (χ1) is 15.1. The van der Waals surface area contributed by atoms with Crippen molar-refractivity contribution in [2.24, 2.45) is 4.99 Å². The molecule has 2 aromatic rings. The maximum absolute atomic E-state index is 12.9. The van der Waals surface area contributed by atoms with Crippen molar-refractivity contribution >= 4 is 51.7 Å². The minimum absolute atomic E-state index is 0.0367. The minimum Gasteiger partial charge on any atom is -0.494 e. The predicted molar refractivity (Wildman–Crippen MR) is 119 cm³/mol. The van der Waals surface area contributed by atoms with E-state index in [1.54, 1.807) is 31.2 Å². The zero-order chi connectivity index (χ0) is 23.5. The lowest BCUT2D eigenvalue weighted by molar-refractivity contribution is -0.137. The topological polar surface area (TPSA) is 71.0 Å². The molecule has 0 aliphatic carbocycles. The normalized spacial score (nSPS) is 17.7. The van der Waals surface area contributed by atoms with E-state index in [9.17, 15) is 22.8 Å². The van der Waals surface area contributed by atoms with Gasteiger partial charge in [-0.3, -0.25) is 14.5 Å². The summed E-state index contributed by atoms with van der Waals surface area (Å²) < 4.78 is 44.1. The summed E-state index contributed by atoms with van der Waals surface area (Å²) in [5, 5.41) is 1.98. The number of nitrogens with zero attached hydrogens (tertiary/aromatic N) is 2. The highest BCUT2D eigenvalue weighted by atomic mass is 35.5. The number of benzene rings is 2. The van der Waals surface area contributed by atoms with E-state index in [2.05, 4.69) is 10.3 Å². The molecule has 170 valence electrons. The Morgan fingerprint density at radius 3 is 2.66 bits per heavy atom. The number of hydrogen-bond acceptors (Lipinski definition) is 5. The molecule has 0 saturated carbocycles.